The molecule has 1 saturated carbocycles. The van der Waals surface area contributed by atoms with Crippen LogP contribution in [0.15, 0.2) is 4.42 Å². The van der Waals surface area contributed by atoms with Crippen molar-refractivity contribution in [3.8, 4) is 0 Å². The van der Waals surface area contributed by atoms with Crippen molar-refractivity contribution in [3.05, 3.63) is 11.8 Å². The number of alkyl halides is 3. The third-order valence-electron chi connectivity index (χ3n) is 3.43. The molecule has 2 unspecified atom stereocenters. The molecule has 1 N–H and O–H groups in total. The third kappa shape index (κ3) is 2.57. The molecule has 104 valence electrons. The quantitative estimate of drug-likeness (QED) is 0.909. The number of aromatic nitrogens is 2. The van der Waals surface area contributed by atoms with E-state index in [0.29, 0.717) is 11.8 Å². The summed E-state index contributed by atoms with van der Waals surface area (Å²) in [5.41, 5.74) is 0. The Kier molecular flexibility index (Phi) is 2.75. The maximum atomic E-state index is 12.5. The lowest BCUT2D eigenvalue weighted by Gasteiger charge is -2.13. The molecule has 1 aliphatic heterocycles. The average molecular weight is 275 g/mol. The Bertz CT molecular complexity index is 496. The Balaban J connectivity index is 1.64. The molecule has 0 bridgehead atoms. The van der Waals surface area contributed by atoms with E-state index in [1.165, 1.54) is 0 Å². The van der Waals surface area contributed by atoms with E-state index in [9.17, 15) is 18.0 Å². The standard InChI is InChI=1S/C11H12F3N3O2/c12-11(13,14)7-3-6(9(18)15-7)4-8-16-17-10(19-8)5-1-2-5/h5-7H,1-4H2,(H,15,18). The Morgan fingerprint density at radius 1 is 1.32 bits per heavy atom. The molecular weight excluding hydrogens is 263 g/mol. The minimum atomic E-state index is -4.40. The van der Waals surface area contributed by atoms with Gasteiger partial charge < -0.3 is 9.73 Å². The largest absolute Gasteiger partial charge is 0.425 e. The van der Waals surface area contributed by atoms with Crippen molar-refractivity contribution in [1.29, 1.82) is 0 Å². The van der Waals surface area contributed by atoms with Crippen molar-refractivity contribution in [3.63, 3.8) is 0 Å². The molecule has 19 heavy (non-hydrogen) atoms. The normalized spacial score (nSPS) is 27.6. The fourth-order valence-electron chi connectivity index (χ4n) is 2.19. The molecule has 0 aromatic carbocycles. The van der Waals surface area contributed by atoms with E-state index in [1.54, 1.807) is 0 Å². The highest BCUT2D eigenvalue weighted by Gasteiger charge is 2.48. The van der Waals surface area contributed by atoms with Gasteiger partial charge in [-0.1, -0.05) is 0 Å². The number of nitrogens with zero attached hydrogens (tertiary/aromatic N) is 2. The van der Waals surface area contributed by atoms with Crippen LogP contribution in [-0.2, 0) is 11.2 Å². The number of hydrogen-bond acceptors (Lipinski definition) is 4. The molecular formula is C11H12F3N3O2. The first kappa shape index (κ1) is 12.4. The molecule has 2 atom stereocenters. The predicted octanol–water partition coefficient (Wildman–Crippen LogP) is 1.56. The lowest BCUT2D eigenvalue weighted by atomic mass is 10.0. The van der Waals surface area contributed by atoms with Crippen molar-refractivity contribution in [1.82, 2.24) is 15.5 Å². The Morgan fingerprint density at radius 3 is 2.63 bits per heavy atom. The summed E-state index contributed by atoms with van der Waals surface area (Å²) >= 11 is 0. The lowest BCUT2D eigenvalue weighted by Crippen LogP contribution is -2.38. The van der Waals surface area contributed by atoms with E-state index in [2.05, 4.69) is 10.2 Å². The van der Waals surface area contributed by atoms with Gasteiger partial charge >= 0.3 is 6.18 Å². The van der Waals surface area contributed by atoms with E-state index < -0.39 is 24.0 Å². The topological polar surface area (TPSA) is 68.0 Å². The van der Waals surface area contributed by atoms with Gasteiger partial charge in [0.25, 0.3) is 0 Å². The lowest BCUT2D eigenvalue weighted by molar-refractivity contribution is -0.154. The van der Waals surface area contributed by atoms with Crippen molar-refractivity contribution >= 4 is 5.91 Å². The van der Waals surface area contributed by atoms with Crippen molar-refractivity contribution < 1.29 is 22.4 Å². The monoisotopic (exact) mass is 275 g/mol. The molecule has 8 heteroatoms. The summed E-state index contributed by atoms with van der Waals surface area (Å²) in [5.74, 6) is -0.292. The Labute approximate surface area is 106 Å². The first-order valence-electron chi connectivity index (χ1n) is 6.13. The highest BCUT2D eigenvalue weighted by Crippen LogP contribution is 2.39. The van der Waals surface area contributed by atoms with Gasteiger partial charge in [0.15, 0.2) is 0 Å². The number of halogens is 3. The zero-order valence-corrected chi connectivity index (χ0v) is 9.91. The molecule has 0 spiro atoms. The van der Waals surface area contributed by atoms with Crippen LogP contribution in [0.25, 0.3) is 0 Å². The average Bonchev–Trinajstić information content (AvgIpc) is 2.95. The SMILES string of the molecule is O=C1NC(C(F)(F)F)CC1Cc1nnc(C2CC2)o1. The zero-order chi connectivity index (χ0) is 13.6. The molecule has 2 fully saturated rings. The van der Waals surface area contributed by atoms with Gasteiger partial charge in [-0.2, -0.15) is 13.2 Å². The zero-order valence-electron chi connectivity index (χ0n) is 9.91. The van der Waals surface area contributed by atoms with Crippen LogP contribution < -0.4 is 5.32 Å². The van der Waals surface area contributed by atoms with Gasteiger partial charge in [0.2, 0.25) is 17.7 Å². The number of carbonyl (C=O) groups excluding carboxylic acids is 1. The summed E-state index contributed by atoms with van der Waals surface area (Å²) in [4.78, 5) is 11.5. The number of carbonyl (C=O) groups is 1. The van der Waals surface area contributed by atoms with E-state index in [0.717, 1.165) is 12.8 Å². The van der Waals surface area contributed by atoms with Crippen molar-refractivity contribution in [2.24, 2.45) is 5.92 Å². The fourth-order valence-corrected chi connectivity index (χ4v) is 2.19. The molecule has 1 aromatic heterocycles. The molecule has 1 amide bonds. The molecule has 0 radical (unpaired) electrons. The first-order chi connectivity index (χ1) is 8.93. The minimum Gasteiger partial charge on any atom is -0.425 e. The van der Waals surface area contributed by atoms with E-state index in [-0.39, 0.29) is 18.7 Å². The molecule has 2 heterocycles. The maximum absolute atomic E-state index is 12.5. The maximum Gasteiger partial charge on any atom is 0.408 e. The summed E-state index contributed by atoms with van der Waals surface area (Å²) in [5, 5.41) is 9.58. The number of rotatable bonds is 3. The number of hydrogen-bond donors (Lipinski definition) is 1. The molecule has 1 aliphatic carbocycles. The summed E-state index contributed by atoms with van der Waals surface area (Å²) < 4.78 is 42.9. The molecule has 1 saturated heterocycles. The summed E-state index contributed by atoms with van der Waals surface area (Å²) in [6, 6.07) is -1.77. The van der Waals surface area contributed by atoms with E-state index in [1.807, 2.05) is 5.32 Å². The summed E-state index contributed by atoms with van der Waals surface area (Å²) in [7, 11) is 0. The minimum absolute atomic E-state index is 0.0676. The van der Waals surface area contributed by atoms with E-state index in [4.69, 9.17) is 4.42 Å². The summed E-state index contributed by atoms with van der Waals surface area (Å²) in [6.07, 6.45) is -2.61. The highest BCUT2D eigenvalue weighted by molar-refractivity contribution is 5.81. The predicted molar refractivity (Wildman–Crippen MR) is 56.1 cm³/mol. The van der Waals surface area contributed by atoms with Crippen LogP contribution in [0.5, 0.6) is 0 Å². The second-order valence-electron chi connectivity index (χ2n) is 5.05. The highest BCUT2D eigenvalue weighted by atomic mass is 19.4. The first-order valence-corrected chi connectivity index (χ1v) is 6.13. The van der Waals surface area contributed by atoms with E-state index >= 15 is 0 Å². The second-order valence-corrected chi connectivity index (χ2v) is 5.05. The van der Waals surface area contributed by atoms with Crippen LogP contribution in [0.1, 0.15) is 37.0 Å². The van der Waals surface area contributed by atoms with Crippen LogP contribution >= 0.6 is 0 Å². The van der Waals surface area contributed by atoms with Gasteiger partial charge in [-0.15, -0.1) is 10.2 Å². The van der Waals surface area contributed by atoms with Gasteiger partial charge in [-0.05, 0) is 19.3 Å². The number of nitrogens with one attached hydrogen (secondary N) is 1. The van der Waals surface area contributed by atoms with Crippen molar-refractivity contribution in [2.45, 2.75) is 43.8 Å². The van der Waals surface area contributed by atoms with Crippen LogP contribution in [0.3, 0.4) is 0 Å². The molecule has 3 rings (SSSR count). The van der Waals surface area contributed by atoms with Gasteiger partial charge in [0, 0.05) is 18.3 Å². The van der Waals surface area contributed by atoms with Gasteiger partial charge in [0.1, 0.15) is 6.04 Å². The van der Waals surface area contributed by atoms with Gasteiger partial charge in [0.05, 0.1) is 0 Å². The van der Waals surface area contributed by atoms with Crippen LogP contribution in [0.4, 0.5) is 13.2 Å². The van der Waals surface area contributed by atoms with Gasteiger partial charge in [-0.25, -0.2) is 0 Å². The molecule has 5 nitrogen and oxygen atoms in total. The Morgan fingerprint density at radius 2 is 2.05 bits per heavy atom. The third-order valence-corrected chi connectivity index (χ3v) is 3.43. The Hall–Kier alpha value is -1.60. The smallest absolute Gasteiger partial charge is 0.408 e. The summed E-state index contributed by atoms with van der Waals surface area (Å²) in [6.45, 7) is 0. The molecule has 2 aliphatic rings. The molecule has 1 aromatic rings. The fraction of sp³-hybridized carbons (Fsp3) is 0.727. The van der Waals surface area contributed by atoms with Gasteiger partial charge in [-0.3, -0.25) is 4.79 Å². The van der Waals surface area contributed by atoms with Crippen LogP contribution in [0.2, 0.25) is 0 Å². The van der Waals surface area contributed by atoms with Crippen LogP contribution in [0, 0.1) is 5.92 Å². The van der Waals surface area contributed by atoms with Crippen LogP contribution in [-0.4, -0.2) is 28.3 Å². The number of amides is 1. The van der Waals surface area contributed by atoms with Crippen molar-refractivity contribution in [2.75, 3.05) is 0 Å². The second kappa shape index (κ2) is 4.21.